The number of hydrogen-bond acceptors (Lipinski definition) is 5. The molecule has 5 aromatic rings. The molecule has 1 aliphatic rings. The van der Waals surface area contributed by atoms with Crippen LogP contribution in [0.4, 0.5) is 5.69 Å². The normalized spacial score (nSPS) is 15.3. The van der Waals surface area contributed by atoms with Crippen molar-refractivity contribution >= 4 is 33.5 Å². The number of amides is 1. The molecular formula is C22H20N8O. The van der Waals surface area contributed by atoms with E-state index in [2.05, 4.69) is 30.4 Å². The summed E-state index contributed by atoms with van der Waals surface area (Å²) >= 11 is 0. The molecule has 154 valence electrons. The van der Waals surface area contributed by atoms with Crippen molar-refractivity contribution in [2.24, 2.45) is 0 Å². The molecule has 1 aliphatic heterocycles. The molecule has 9 nitrogen and oxygen atoms in total. The van der Waals surface area contributed by atoms with Crippen LogP contribution in [0.3, 0.4) is 0 Å². The maximum Gasteiger partial charge on any atom is 0.237 e. The second kappa shape index (κ2) is 6.00. The largest absolute Gasteiger partial charge is 0.337 e. The van der Waals surface area contributed by atoms with Gasteiger partial charge in [-0.2, -0.15) is 10.2 Å². The van der Waals surface area contributed by atoms with Crippen LogP contribution < -0.4 is 4.90 Å². The van der Waals surface area contributed by atoms with Gasteiger partial charge in [-0.25, -0.2) is 9.97 Å². The van der Waals surface area contributed by atoms with Gasteiger partial charge in [-0.05, 0) is 56.7 Å². The van der Waals surface area contributed by atoms with Gasteiger partial charge in [0.15, 0.2) is 11.6 Å². The number of aromatic amines is 3. The van der Waals surface area contributed by atoms with Crippen molar-refractivity contribution in [1.82, 2.24) is 35.3 Å². The van der Waals surface area contributed by atoms with E-state index in [1.807, 2.05) is 56.0 Å². The fourth-order valence-corrected chi connectivity index (χ4v) is 4.44. The average Bonchev–Trinajstić information content (AvgIpc) is 3.53. The molecule has 31 heavy (non-hydrogen) atoms. The third-order valence-electron chi connectivity index (χ3n) is 6.14. The van der Waals surface area contributed by atoms with Crippen LogP contribution >= 0.6 is 0 Å². The highest BCUT2D eigenvalue weighted by Gasteiger charge is 2.43. The van der Waals surface area contributed by atoms with E-state index in [1.165, 1.54) is 6.33 Å². The van der Waals surface area contributed by atoms with Gasteiger partial charge in [0.2, 0.25) is 5.91 Å². The predicted octanol–water partition coefficient (Wildman–Crippen LogP) is 3.54. The minimum atomic E-state index is -0.560. The Bertz CT molecular complexity index is 1470. The van der Waals surface area contributed by atoms with Gasteiger partial charge in [0.05, 0.1) is 27.7 Å². The van der Waals surface area contributed by atoms with Crippen molar-refractivity contribution in [2.45, 2.75) is 26.2 Å². The van der Waals surface area contributed by atoms with Gasteiger partial charge >= 0.3 is 0 Å². The molecule has 2 aromatic carbocycles. The number of hydrogen-bond donors (Lipinski definition) is 3. The summed E-state index contributed by atoms with van der Waals surface area (Å²) < 4.78 is 0. The van der Waals surface area contributed by atoms with Crippen LogP contribution in [0.5, 0.6) is 0 Å². The predicted molar refractivity (Wildman–Crippen MR) is 118 cm³/mol. The van der Waals surface area contributed by atoms with Gasteiger partial charge in [-0.1, -0.05) is 0 Å². The lowest BCUT2D eigenvalue weighted by Gasteiger charge is -2.18. The molecule has 0 unspecified atom stereocenters. The number of fused-ring (bicyclic) bond motifs is 3. The lowest BCUT2D eigenvalue weighted by atomic mass is 9.86. The Morgan fingerprint density at radius 1 is 1.06 bits per heavy atom. The summed E-state index contributed by atoms with van der Waals surface area (Å²) in [6.45, 7) is 6.57. The first-order valence-electron chi connectivity index (χ1n) is 10.2. The molecule has 0 atom stereocenters. The summed E-state index contributed by atoms with van der Waals surface area (Å²) in [5.74, 6) is 1.49. The second-order valence-corrected chi connectivity index (χ2v) is 8.31. The number of carbonyl (C=O) groups excluding carboxylic acids is 1. The Kier molecular flexibility index (Phi) is 3.45. The van der Waals surface area contributed by atoms with Crippen molar-refractivity contribution in [2.75, 3.05) is 11.4 Å². The number of carbonyl (C=O) groups is 1. The third kappa shape index (κ3) is 2.40. The van der Waals surface area contributed by atoms with Crippen molar-refractivity contribution in [3.05, 3.63) is 42.2 Å². The standard InChI is InChI=1S/C22H20N8O/c1-4-30-17-9-16-15(8-13(17)22(2,3)21(30)31)25-20(26-16)18-12-7-11(19-23-10-24-29-19)5-6-14(12)27-28-18/h5-10H,4H2,1-3H3,(H,25,26)(H,27,28)(H,23,24,29). The van der Waals surface area contributed by atoms with E-state index in [1.54, 1.807) is 0 Å². The van der Waals surface area contributed by atoms with Crippen LogP contribution in [0.25, 0.3) is 44.8 Å². The van der Waals surface area contributed by atoms with Gasteiger partial charge in [0.1, 0.15) is 12.0 Å². The maximum absolute atomic E-state index is 12.8. The number of aromatic nitrogens is 7. The van der Waals surface area contributed by atoms with Crippen molar-refractivity contribution in [1.29, 1.82) is 0 Å². The maximum atomic E-state index is 12.8. The van der Waals surface area contributed by atoms with E-state index in [0.29, 0.717) is 18.2 Å². The van der Waals surface area contributed by atoms with E-state index < -0.39 is 5.41 Å². The molecule has 6 rings (SSSR count). The summed E-state index contributed by atoms with van der Waals surface area (Å²) in [5, 5.41) is 15.3. The van der Waals surface area contributed by atoms with Crippen LogP contribution in [0.15, 0.2) is 36.7 Å². The minimum Gasteiger partial charge on any atom is -0.337 e. The fraction of sp³-hybridized carbons (Fsp3) is 0.227. The van der Waals surface area contributed by atoms with E-state index in [-0.39, 0.29) is 5.91 Å². The molecule has 0 aliphatic carbocycles. The zero-order valence-corrected chi connectivity index (χ0v) is 17.3. The first-order valence-corrected chi connectivity index (χ1v) is 10.2. The van der Waals surface area contributed by atoms with E-state index in [9.17, 15) is 4.79 Å². The van der Waals surface area contributed by atoms with Gasteiger partial charge < -0.3 is 9.88 Å². The average molecular weight is 412 g/mol. The van der Waals surface area contributed by atoms with Crippen LogP contribution in [0.1, 0.15) is 26.3 Å². The Labute approximate surface area is 176 Å². The lowest BCUT2D eigenvalue weighted by Crippen LogP contribution is -2.35. The van der Waals surface area contributed by atoms with Crippen molar-refractivity contribution in [3.8, 4) is 22.9 Å². The van der Waals surface area contributed by atoms with Gasteiger partial charge in [-0.3, -0.25) is 15.0 Å². The smallest absolute Gasteiger partial charge is 0.237 e. The Morgan fingerprint density at radius 2 is 1.94 bits per heavy atom. The monoisotopic (exact) mass is 412 g/mol. The second-order valence-electron chi connectivity index (χ2n) is 8.31. The van der Waals surface area contributed by atoms with Crippen LogP contribution in [0, 0.1) is 0 Å². The summed E-state index contributed by atoms with van der Waals surface area (Å²) in [5.41, 5.74) is 5.64. The first-order chi connectivity index (χ1) is 15.0. The van der Waals surface area contributed by atoms with E-state index >= 15 is 0 Å². The zero-order valence-electron chi connectivity index (χ0n) is 17.3. The molecule has 9 heteroatoms. The molecule has 3 N–H and O–H groups in total. The third-order valence-corrected chi connectivity index (χ3v) is 6.14. The summed E-state index contributed by atoms with van der Waals surface area (Å²) in [4.78, 5) is 27.1. The Hall–Kier alpha value is -4.01. The summed E-state index contributed by atoms with van der Waals surface area (Å²) in [7, 11) is 0. The van der Waals surface area contributed by atoms with Gasteiger partial charge in [0, 0.05) is 17.5 Å². The molecular weight excluding hydrogens is 392 g/mol. The highest BCUT2D eigenvalue weighted by atomic mass is 16.2. The number of likely N-dealkylation sites (N-methyl/N-ethyl adjacent to an activating group) is 1. The van der Waals surface area contributed by atoms with Gasteiger partial charge in [-0.15, -0.1) is 0 Å². The molecule has 1 amide bonds. The number of imidazole rings is 1. The molecule has 0 saturated heterocycles. The molecule has 3 aromatic heterocycles. The SMILES string of the molecule is CCN1C(=O)C(C)(C)c2cc3[nH]c(-c4n[nH]c5ccc(-c6ncn[nH]6)cc45)nc3cc21. The number of nitrogens with one attached hydrogen (secondary N) is 3. The van der Waals surface area contributed by atoms with Crippen LogP contribution in [0.2, 0.25) is 0 Å². The number of rotatable bonds is 3. The lowest BCUT2D eigenvalue weighted by molar-refractivity contribution is -0.122. The number of nitrogens with zero attached hydrogens (tertiary/aromatic N) is 5. The van der Waals surface area contributed by atoms with Crippen LogP contribution in [-0.4, -0.2) is 47.8 Å². The van der Waals surface area contributed by atoms with Crippen molar-refractivity contribution in [3.63, 3.8) is 0 Å². The Morgan fingerprint density at radius 3 is 2.71 bits per heavy atom. The molecule has 0 saturated carbocycles. The topological polar surface area (TPSA) is 119 Å². The quantitative estimate of drug-likeness (QED) is 0.419. The molecule has 0 fully saturated rings. The summed E-state index contributed by atoms with van der Waals surface area (Å²) in [6.07, 6.45) is 1.49. The van der Waals surface area contributed by atoms with Gasteiger partial charge in [0.25, 0.3) is 0 Å². The molecule has 0 bridgehead atoms. The zero-order chi connectivity index (χ0) is 21.3. The highest BCUT2D eigenvalue weighted by molar-refractivity contribution is 6.09. The number of H-pyrrole nitrogens is 3. The number of benzene rings is 2. The fourth-order valence-electron chi connectivity index (χ4n) is 4.44. The Balaban J connectivity index is 1.51. The summed E-state index contributed by atoms with van der Waals surface area (Å²) in [6, 6.07) is 9.99. The minimum absolute atomic E-state index is 0.121. The molecule has 4 heterocycles. The van der Waals surface area contributed by atoms with Crippen LogP contribution in [-0.2, 0) is 10.2 Å². The van der Waals surface area contributed by atoms with E-state index in [0.717, 1.165) is 44.4 Å². The first kappa shape index (κ1) is 17.8. The number of anilines is 1. The molecule has 0 radical (unpaired) electrons. The molecule has 0 spiro atoms. The van der Waals surface area contributed by atoms with Crippen molar-refractivity contribution < 1.29 is 4.79 Å². The van der Waals surface area contributed by atoms with E-state index in [4.69, 9.17) is 4.98 Å². The highest BCUT2D eigenvalue weighted by Crippen LogP contribution is 2.43.